The van der Waals surface area contributed by atoms with E-state index in [9.17, 15) is 47.6 Å². The molecular formula is C23H26N6O19S6. The van der Waals surface area contributed by atoms with Crippen LogP contribution in [0.25, 0.3) is 0 Å². The zero-order valence-corrected chi connectivity index (χ0v) is 31.5. The van der Waals surface area contributed by atoms with Crippen molar-refractivity contribution in [2.75, 3.05) is 41.3 Å². The lowest BCUT2D eigenvalue weighted by Crippen LogP contribution is -2.51. The van der Waals surface area contributed by atoms with E-state index >= 15 is 0 Å². The van der Waals surface area contributed by atoms with Crippen LogP contribution in [0.2, 0.25) is 0 Å². The molecule has 0 aliphatic heterocycles. The second-order valence-corrected chi connectivity index (χ2v) is 17.9. The van der Waals surface area contributed by atoms with Crippen molar-refractivity contribution < 1.29 is 80.4 Å². The second kappa shape index (κ2) is 18.8. The van der Waals surface area contributed by atoms with Gasteiger partial charge in [-0.1, -0.05) is 10.1 Å². The Balaban J connectivity index is 2.04. The fourth-order valence-electron chi connectivity index (χ4n) is 3.95. The Morgan fingerprint density at radius 1 is 0.741 bits per heavy atom. The van der Waals surface area contributed by atoms with Gasteiger partial charge in [0, 0.05) is 5.56 Å². The van der Waals surface area contributed by atoms with Crippen LogP contribution in [0, 0.1) is 12.3 Å². The standard InChI is InChI=1S/C23H26N6O19S6/c1-12-19(24)21(28-26-15-4-2-13(10-17(15)53(37,38)39)51(33,34)8-6-43-49-47-45-31)23(30)22(20(12)25)29-27-16-5-3-14(11-18(16)54(40,41)42)52(35,36)9-7-44-50-48-46-32/h2-5,10-11,24,26-27,31-32H,6-9,25H2,1H3,(H,37,38,39)(H,40,41,42)/b24-19?,28-21+,29-22+. The Labute approximate surface area is 312 Å². The zero-order valence-electron chi connectivity index (χ0n) is 26.6. The Kier molecular flexibility index (Phi) is 15.6. The highest BCUT2D eigenvalue weighted by molar-refractivity contribution is 7.92. The van der Waals surface area contributed by atoms with E-state index in [0.717, 1.165) is 24.3 Å². The van der Waals surface area contributed by atoms with E-state index in [0.29, 0.717) is 12.1 Å². The first-order valence-corrected chi connectivity index (χ1v) is 21.2. The quantitative estimate of drug-likeness (QED) is 0.0172. The molecule has 0 aliphatic carbocycles. The van der Waals surface area contributed by atoms with Crippen molar-refractivity contribution in [3.63, 3.8) is 0 Å². The topological polar surface area (TPSA) is 389 Å². The average molecular weight is 883 g/mol. The third-order valence-corrected chi connectivity index (χ3v) is 12.4. The molecule has 0 bridgehead atoms. The van der Waals surface area contributed by atoms with Gasteiger partial charge < -0.3 is 5.73 Å². The molecule has 3 aromatic carbocycles. The second-order valence-electron chi connectivity index (χ2n) is 9.86. The highest BCUT2D eigenvalue weighted by Crippen LogP contribution is 2.27. The monoisotopic (exact) mass is 882 g/mol. The minimum absolute atomic E-state index is 0.0933. The van der Waals surface area contributed by atoms with Crippen LogP contribution >= 0.6 is 24.6 Å². The van der Waals surface area contributed by atoms with Gasteiger partial charge in [0.25, 0.3) is 20.2 Å². The smallest absolute Gasteiger partial charge is 0.296 e. The van der Waals surface area contributed by atoms with Crippen molar-refractivity contribution in [3.8, 4) is 0 Å². The summed E-state index contributed by atoms with van der Waals surface area (Å²) in [4.78, 5) is 10.2. The van der Waals surface area contributed by atoms with Gasteiger partial charge >= 0.3 is 0 Å². The van der Waals surface area contributed by atoms with Gasteiger partial charge in [0.05, 0.1) is 56.9 Å². The normalized spacial score (nSPS) is 13.4. The van der Waals surface area contributed by atoms with Gasteiger partial charge in [-0.05, 0) is 43.3 Å². The number of hydrogen-bond acceptors (Lipinski definition) is 25. The summed E-state index contributed by atoms with van der Waals surface area (Å²) in [5.74, 6) is -1.46. The van der Waals surface area contributed by atoms with E-state index < -0.39 is 123 Å². The number of hydrogen-bond donors (Lipinski definition) is 8. The Hall–Kier alpha value is -3.64. The molecule has 25 nitrogen and oxygen atoms in total. The van der Waals surface area contributed by atoms with Crippen LogP contribution in [-0.2, 0) is 67.0 Å². The molecule has 0 unspecified atom stereocenters. The predicted molar refractivity (Wildman–Crippen MR) is 182 cm³/mol. The first-order chi connectivity index (χ1) is 25.2. The molecule has 9 N–H and O–H groups in total. The van der Waals surface area contributed by atoms with Gasteiger partial charge in [0.1, 0.15) is 9.79 Å². The molecular weight excluding hydrogens is 857 g/mol. The number of nitrogens with two attached hydrogens (primary N) is 1. The van der Waals surface area contributed by atoms with E-state index in [4.69, 9.17) is 21.7 Å². The molecule has 0 atom stereocenters. The summed E-state index contributed by atoms with van der Waals surface area (Å²) in [5, 5.41) is 36.5. The minimum Gasteiger partial charge on any atom is -0.397 e. The van der Waals surface area contributed by atoms with Crippen LogP contribution in [-0.4, -0.2) is 78.0 Å². The van der Waals surface area contributed by atoms with Crippen molar-refractivity contribution in [1.82, 2.24) is 0 Å². The van der Waals surface area contributed by atoms with Crippen LogP contribution in [0.15, 0.2) is 71.0 Å². The molecule has 3 rings (SSSR count). The van der Waals surface area contributed by atoms with Gasteiger partial charge in [0.2, 0.25) is 5.43 Å². The molecule has 0 amide bonds. The fraction of sp³-hybridized carbons (Fsp3) is 0.217. The first kappa shape index (κ1) is 44.8. The fourth-order valence-corrected chi connectivity index (χ4v) is 8.30. The van der Waals surface area contributed by atoms with Crippen molar-refractivity contribution >= 4 is 81.6 Å². The summed E-state index contributed by atoms with van der Waals surface area (Å²) >= 11 is 0.188. The summed E-state index contributed by atoms with van der Waals surface area (Å²) in [6.45, 7) is 0.217. The van der Waals surface area contributed by atoms with E-state index in [2.05, 4.69) is 48.2 Å². The molecule has 0 aliphatic rings. The molecule has 3 aromatic rings. The van der Waals surface area contributed by atoms with Crippen molar-refractivity contribution in [2.45, 2.75) is 26.5 Å². The minimum atomic E-state index is -5.16. The molecule has 0 saturated heterocycles. The lowest BCUT2D eigenvalue weighted by atomic mass is 10.1. The lowest BCUT2D eigenvalue weighted by molar-refractivity contribution is -0.434. The zero-order chi connectivity index (χ0) is 40.5. The maximum absolute atomic E-state index is 13.4. The molecule has 0 spiro atoms. The number of nitrogens with zero attached hydrogens (tertiary/aromatic N) is 2. The summed E-state index contributed by atoms with van der Waals surface area (Å²) in [6.07, 6.45) is 0. The van der Waals surface area contributed by atoms with E-state index in [1.54, 1.807) is 0 Å². The number of nitrogens with one attached hydrogen (secondary N) is 3. The van der Waals surface area contributed by atoms with Gasteiger partial charge in [-0.2, -0.15) is 27.0 Å². The molecule has 54 heavy (non-hydrogen) atoms. The molecule has 31 heteroatoms. The maximum Gasteiger partial charge on any atom is 0.296 e. The van der Waals surface area contributed by atoms with Gasteiger partial charge in [0.15, 0.2) is 55.0 Å². The Bertz CT molecular complexity index is 2550. The highest BCUT2D eigenvalue weighted by Gasteiger charge is 2.24. The average Bonchev–Trinajstić information content (AvgIpc) is 3.09. The third kappa shape index (κ3) is 11.7. The maximum atomic E-state index is 13.4. The van der Waals surface area contributed by atoms with Crippen LogP contribution in [0.5, 0.6) is 0 Å². The lowest BCUT2D eigenvalue weighted by Gasteiger charge is -2.10. The summed E-state index contributed by atoms with van der Waals surface area (Å²) in [7, 11) is -18.8. The molecule has 0 aromatic heterocycles. The molecule has 0 fully saturated rings. The van der Waals surface area contributed by atoms with Crippen LogP contribution in [0.3, 0.4) is 0 Å². The van der Waals surface area contributed by atoms with Crippen molar-refractivity contribution in [3.05, 3.63) is 68.3 Å². The largest absolute Gasteiger partial charge is 0.397 e. The van der Waals surface area contributed by atoms with Crippen molar-refractivity contribution in [2.24, 2.45) is 10.2 Å². The van der Waals surface area contributed by atoms with Gasteiger partial charge in [-0.3, -0.25) is 38.5 Å². The van der Waals surface area contributed by atoms with E-state index in [1.165, 1.54) is 6.92 Å². The number of rotatable bonds is 20. The van der Waals surface area contributed by atoms with Gasteiger partial charge in [-0.25, -0.2) is 27.4 Å². The number of nitrogen functional groups attached to an aromatic ring is 1. The van der Waals surface area contributed by atoms with Crippen LogP contribution in [0.1, 0.15) is 5.56 Å². The number of anilines is 3. The highest BCUT2D eigenvalue weighted by atomic mass is 32.2. The van der Waals surface area contributed by atoms with Crippen LogP contribution < -0.4 is 38.1 Å². The first-order valence-electron chi connectivity index (χ1n) is 13.6. The molecule has 0 radical (unpaired) electrons. The van der Waals surface area contributed by atoms with E-state index in [1.807, 2.05) is 0 Å². The number of benzene rings is 3. The van der Waals surface area contributed by atoms with E-state index in [-0.39, 0.29) is 30.2 Å². The SMILES string of the molecule is Cc1c(N)/c(=N\Nc2ccc(S(=O)(=O)CCOSOOO)cc2S(=O)(=O)O)c(=O)/c(=N/Nc2ccc(S(=O)(=O)CCOSOOO)cc2S(=O)(=O)O)c1=N. The summed E-state index contributed by atoms with van der Waals surface area (Å²) < 4.78 is 136. The summed E-state index contributed by atoms with van der Waals surface area (Å²) in [5.41, 5.74) is 7.50. The predicted octanol–water partition coefficient (Wildman–Crippen LogP) is -0.809. The Morgan fingerprint density at radius 2 is 1.15 bits per heavy atom. The van der Waals surface area contributed by atoms with Gasteiger partial charge in [-0.15, -0.1) is 8.67 Å². The van der Waals surface area contributed by atoms with Crippen LogP contribution in [0.4, 0.5) is 17.1 Å². The van der Waals surface area contributed by atoms with Crippen molar-refractivity contribution in [1.29, 1.82) is 5.41 Å². The summed E-state index contributed by atoms with van der Waals surface area (Å²) in [6, 6.07) is 4.74. The molecule has 298 valence electrons. The molecule has 0 saturated carbocycles. The Morgan fingerprint density at radius 3 is 1.54 bits per heavy atom. The number of sulfone groups is 2. The third-order valence-electron chi connectivity index (χ3n) is 6.54. The molecule has 0 heterocycles.